The maximum absolute atomic E-state index is 13.3. The fourth-order valence-corrected chi connectivity index (χ4v) is 10.5. The van der Waals surface area contributed by atoms with Crippen LogP contribution in [0, 0.1) is 16.7 Å². The largest absolute Gasteiger partial charge is 0.504 e. The number of nitrogens with zero attached hydrogens (tertiary/aromatic N) is 1. The number of aromatic nitrogens is 1. The number of fused-ring (bicyclic) bond motifs is 1. The summed E-state index contributed by atoms with van der Waals surface area (Å²) in [5.74, 6) is -0.818. The van der Waals surface area contributed by atoms with Crippen LogP contribution in [0.4, 0.5) is 5.82 Å². The third-order valence-electron chi connectivity index (χ3n) is 12.6. The van der Waals surface area contributed by atoms with Crippen molar-refractivity contribution in [1.82, 2.24) is 10.3 Å². The molecule has 3 fully saturated rings. The number of methoxy groups -OCH3 is 2. The van der Waals surface area contributed by atoms with Crippen LogP contribution in [0.3, 0.4) is 0 Å². The van der Waals surface area contributed by atoms with Crippen molar-refractivity contribution in [2.24, 2.45) is 16.7 Å². The van der Waals surface area contributed by atoms with Crippen LogP contribution in [-0.2, 0) is 16.0 Å². The van der Waals surface area contributed by atoms with Gasteiger partial charge in [0.15, 0.2) is 23.0 Å². The molecular formula is C42H53N3O9. The van der Waals surface area contributed by atoms with Crippen molar-refractivity contribution in [2.45, 2.75) is 101 Å². The van der Waals surface area contributed by atoms with Gasteiger partial charge in [-0.25, -0.2) is 4.98 Å². The molecule has 0 amide bonds. The van der Waals surface area contributed by atoms with Crippen LogP contribution in [0.25, 0.3) is 0 Å². The van der Waals surface area contributed by atoms with Gasteiger partial charge in [-0.3, -0.25) is 4.79 Å². The highest BCUT2D eigenvalue weighted by molar-refractivity contribution is 5.76. The van der Waals surface area contributed by atoms with Crippen LogP contribution < -0.4 is 25.3 Å². The average Bonchev–Trinajstić information content (AvgIpc) is 3.79. The number of piperidine rings is 1. The Hall–Kier alpha value is -4.52. The molecule has 4 aliphatic rings. The summed E-state index contributed by atoms with van der Waals surface area (Å²) in [5.41, 5.74) is 7.72. The number of phenolic OH excluding ortho intramolecular Hbond substituents is 2. The molecule has 0 radical (unpaired) electrons. The van der Waals surface area contributed by atoms with Crippen molar-refractivity contribution < 1.29 is 44.2 Å². The number of aliphatic carboxylic acids is 1. The summed E-state index contributed by atoms with van der Waals surface area (Å²) >= 11 is 0. The van der Waals surface area contributed by atoms with Crippen molar-refractivity contribution in [1.29, 1.82) is 0 Å². The molecular weight excluding hydrogens is 690 g/mol. The summed E-state index contributed by atoms with van der Waals surface area (Å²) < 4.78 is 24.1. The van der Waals surface area contributed by atoms with Crippen LogP contribution >= 0.6 is 0 Å². The number of benzene rings is 2. The standard InChI is InChI=1S/C42H53N3O9/c1-24-22-41(13-4-5-14-41)42(30(9-10-31(42)40(49)50)26-12-15-44-38(43)19-26)37(45-24)23-53-36-18-27(17-35(52-3)39(36)48)33-21-28(46)20-29(54-33)8-6-25-7-11-32(47)34(16-25)51-2/h7,9-12,15-19,24,28-31,33,37,45-48H,4-6,8,13-14,20-23H2,1-3H3,(H2,43,44)(H,49,50). The lowest BCUT2D eigenvalue weighted by molar-refractivity contribution is -0.158. The molecule has 2 aliphatic carbocycles. The zero-order valence-electron chi connectivity index (χ0n) is 31.2. The van der Waals surface area contributed by atoms with Gasteiger partial charge in [-0.2, -0.15) is 0 Å². The van der Waals surface area contributed by atoms with Gasteiger partial charge in [0.1, 0.15) is 12.4 Å². The minimum atomic E-state index is -0.873. The number of carboxylic acid groups (broad SMARTS) is 1. The number of nitrogens with two attached hydrogens (primary N) is 1. The molecule has 0 bridgehead atoms. The molecule has 7 N–H and O–H groups in total. The second-order valence-corrected chi connectivity index (χ2v) is 15.7. The lowest BCUT2D eigenvalue weighted by Crippen LogP contribution is -2.68. The van der Waals surface area contributed by atoms with E-state index in [4.69, 9.17) is 24.7 Å². The number of allylic oxidation sites excluding steroid dienone is 1. The Kier molecular flexibility index (Phi) is 10.7. The number of aliphatic hydroxyl groups excluding tert-OH is 1. The molecule has 290 valence electrons. The van der Waals surface area contributed by atoms with Crippen LogP contribution in [0.1, 0.15) is 87.0 Å². The Morgan fingerprint density at radius 2 is 1.76 bits per heavy atom. The number of phenols is 2. The van der Waals surface area contributed by atoms with Crippen molar-refractivity contribution in [2.75, 3.05) is 26.6 Å². The average molecular weight is 744 g/mol. The molecule has 7 rings (SSSR count). The highest BCUT2D eigenvalue weighted by Gasteiger charge is 2.68. The van der Waals surface area contributed by atoms with Crippen LogP contribution in [0.2, 0.25) is 0 Å². The Labute approximate surface area is 316 Å². The summed E-state index contributed by atoms with van der Waals surface area (Å²) in [6.45, 7) is 2.24. The van der Waals surface area contributed by atoms with E-state index in [1.807, 2.05) is 30.4 Å². The van der Waals surface area contributed by atoms with E-state index >= 15 is 0 Å². The number of aliphatic hydroxyl groups is 1. The van der Waals surface area contributed by atoms with Crippen molar-refractivity contribution in [3.8, 4) is 28.7 Å². The first kappa shape index (κ1) is 37.8. The van der Waals surface area contributed by atoms with E-state index in [9.17, 15) is 25.2 Å². The van der Waals surface area contributed by atoms with Gasteiger partial charge in [-0.05, 0) is 104 Å². The summed E-state index contributed by atoms with van der Waals surface area (Å²) in [7, 11) is 2.99. The quantitative estimate of drug-likeness (QED) is 0.125. The minimum absolute atomic E-state index is 0.0762. The molecule has 1 aromatic heterocycles. The maximum Gasteiger partial charge on any atom is 0.311 e. The van der Waals surface area contributed by atoms with Gasteiger partial charge in [0, 0.05) is 36.0 Å². The minimum Gasteiger partial charge on any atom is -0.504 e. The van der Waals surface area contributed by atoms with Gasteiger partial charge >= 0.3 is 5.97 Å². The molecule has 12 heteroatoms. The number of rotatable bonds is 11. The van der Waals surface area contributed by atoms with Crippen LogP contribution in [0.5, 0.6) is 28.7 Å². The second kappa shape index (κ2) is 15.3. The fourth-order valence-electron chi connectivity index (χ4n) is 10.5. The van der Waals surface area contributed by atoms with Crippen LogP contribution in [-0.4, -0.2) is 76.5 Å². The molecule has 3 heterocycles. The number of ether oxygens (including phenoxy) is 4. The zero-order chi connectivity index (χ0) is 38.2. The number of anilines is 1. The third kappa shape index (κ3) is 6.84. The van der Waals surface area contributed by atoms with E-state index in [1.54, 1.807) is 30.5 Å². The van der Waals surface area contributed by atoms with E-state index in [2.05, 4.69) is 17.2 Å². The molecule has 54 heavy (non-hydrogen) atoms. The van der Waals surface area contributed by atoms with Gasteiger partial charge in [0.05, 0.1) is 38.4 Å². The maximum atomic E-state index is 13.3. The number of hydrogen-bond acceptors (Lipinski definition) is 11. The van der Waals surface area contributed by atoms with Crippen LogP contribution in [0.15, 0.2) is 60.8 Å². The topological polar surface area (TPSA) is 186 Å². The number of aryl methyl sites for hydroxylation is 1. The van der Waals surface area contributed by atoms with Crippen molar-refractivity contribution in [3.05, 3.63) is 77.5 Å². The van der Waals surface area contributed by atoms with Gasteiger partial charge in [0.2, 0.25) is 5.75 Å². The summed E-state index contributed by atoms with van der Waals surface area (Å²) in [6.07, 6.45) is 11.1. The number of nitrogen functional groups attached to an aromatic ring is 1. The Morgan fingerprint density at radius 1 is 1.00 bits per heavy atom. The molecule has 2 aromatic carbocycles. The van der Waals surface area contributed by atoms with E-state index in [1.165, 1.54) is 14.2 Å². The first-order chi connectivity index (χ1) is 26.0. The lowest BCUT2D eigenvalue weighted by atomic mass is 9.46. The Balaban J connectivity index is 1.18. The number of carboxylic acids is 1. The van der Waals surface area contributed by atoms with E-state index in [-0.39, 0.29) is 53.1 Å². The zero-order valence-corrected chi connectivity index (χ0v) is 31.2. The predicted octanol–water partition coefficient (Wildman–Crippen LogP) is 6.04. The van der Waals surface area contributed by atoms with Gasteiger partial charge in [0.25, 0.3) is 0 Å². The number of carbonyl (C=O) groups is 1. The number of aromatic hydroxyl groups is 2. The van der Waals surface area contributed by atoms with Gasteiger partial charge < -0.3 is 50.4 Å². The predicted molar refractivity (Wildman–Crippen MR) is 202 cm³/mol. The summed E-state index contributed by atoms with van der Waals surface area (Å²) in [6, 6.07) is 12.2. The number of hydrogen-bond donors (Lipinski definition) is 6. The SMILES string of the molecule is COc1cc(CCC2CC(O)CC(c3cc(OC)c(O)c(OCC4NC(C)CC5(CCCC5)C45C(C(=O)O)C=CC5c4ccnc(N)c4)c3)O2)ccc1O. The lowest BCUT2D eigenvalue weighted by Gasteiger charge is -2.61. The highest BCUT2D eigenvalue weighted by Crippen LogP contribution is 2.69. The Bertz CT molecular complexity index is 1860. The van der Waals surface area contributed by atoms with Crippen molar-refractivity contribution >= 4 is 11.8 Å². The monoisotopic (exact) mass is 743 g/mol. The third-order valence-corrected chi connectivity index (χ3v) is 12.6. The van der Waals surface area contributed by atoms with Crippen molar-refractivity contribution in [3.63, 3.8) is 0 Å². The first-order valence-corrected chi connectivity index (χ1v) is 19.1. The molecule has 8 atom stereocenters. The van der Waals surface area contributed by atoms with E-state index in [0.717, 1.165) is 43.2 Å². The fraction of sp³-hybridized carbons (Fsp3) is 0.524. The Morgan fingerprint density at radius 3 is 2.48 bits per heavy atom. The molecule has 2 saturated heterocycles. The summed E-state index contributed by atoms with van der Waals surface area (Å²) in [4.78, 5) is 17.5. The molecule has 8 unspecified atom stereocenters. The smallest absolute Gasteiger partial charge is 0.311 e. The first-order valence-electron chi connectivity index (χ1n) is 19.1. The molecule has 2 spiro atoms. The highest BCUT2D eigenvalue weighted by atomic mass is 16.5. The van der Waals surface area contributed by atoms with Gasteiger partial charge in [-0.1, -0.05) is 31.1 Å². The molecule has 2 aliphatic heterocycles. The molecule has 1 saturated carbocycles. The molecule has 3 aromatic rings. The number of pyridine rings is 1. The molecule has 12 nitrogen and oxygen atoms in total. The van der Waals surface area contributed by atoms with E-state index in [0.29, 0.717) is 42.8 Å². The van der Waals surface area contributed by atoms with E-state index < -0.39 is 35.6 Å². The number of nitrogens with one attached hydrogen (secondary N) is 1. The van der Waals surface area contributed by atoms with Gasteiger partial charge in [-0.15, -0.1) is 0 Å². The summed E-state index contributed by atoms with van der Waals surface area (Å²) in [5, 5.41) is 47.0. The second-order valence-electron chi connectivity index (χ2n) is 15.7. The normalized spacial score (nSPS) is 30.1.